The minimum Gasteiger partial charge on any atom is -0.379 e. The molecule has 1 unspecified atom stereocenters. The molecule has 0 bridgehead atoms. The summed E-state index contributed by atoms with van der Waals surface area (Å²) in [5, 5.41) is 0. The van der Waals surface area contributed by atoms with Crippen LogP contribution in [0.25, 0.3) is 0 Å². The van der Waals surface area contributed by atoms with Gasteiger partial charge < -0.3 is 20.1 Å². The van der Waals surface area contributed by atoms with Gasteiger partial charge in [-0.3, -0.25) is 9.69 Å². The van der Waals surface area contributed by atoms with Gasteiger partial charge in [-0.2, -0.15) is 0 Å². The molecule has 0 aromatic rings. The number of carbonyl (C=O) groups excluding carboxylic acids is 1. The summed E-state index contributed by atoms with van der Waals surface area (Å²) in [7, 11) is 0. The highest BCUT2D eigenvalue weighted by Gasteiger charge is 2.27. The summed E-state index contributed by atoms with van der Waals surface area (Å²) in [6.45, 7) is 6.34. The first-order valence-electron chi connectivity index (χ1n) is 6.18. The summed E-state index contributed by atoms with van der Waals surface area (Å²) < 4.78 is 10.5. The zero-order valence-corrected chi connectivity index (χ0v) is 10.1. The molecule has 0 saturated carbocycles. The molecule has 1 atom stereocenters. The molecule has 17 heavy (non-hydrogen) atoms. The standard InChI is InChI=1S/C11H21N3O3/c12-7-10-8-17-9-11(15)14(10)2-1-13-3-5-16-6-4-13/h10H,1-9,12H2. The van der Waals surface area contributed by atoms with Gasteiger partial charge in [-0.15, -0.1) is 0 Å². The number of nitrogens with zero attached hydrogens (tertiary/aromatic N) is 2. The van der Waals surface area contributed by atoms with E-state index in [0.29, 0.717) is 13.2 Å². The van der Waals surface area contributed by atoms with Gasteiger partial charge in [-0.25, -0.2) is 0 Å². The third-order valence-corrected chi connectivity index (χ3v) is 3.33. The number of hydrogen-bond donors (Lipinski definition) is 1. The van der Waals surface area contributed by atoms with Crippen molar-refractivity contribution in [3.8, 4) is 0 Å². The van der Waals surface area contributed by atoms with E-state index in [1.807, 2.05) is 4.90 Å². The first-order chi connectivity index (χ1) is 8.31. The van der Waals surface area contributed by atoms with Gasteiger partial charge in [0, 0.05) is 32.7 Å². The Kier molecular flexibility index (Phi) is 4.73. The minimum absolute atomic E-state index is 0.0392. The van der Waals surface area contributed by atoms with E-state index < -0.39 is 0 Å². The molecule has 2 heterocycles. The van der Waals surface area contributed by atoms with Crippen molar-refractivity contribution in [2.45, 2.75) is 6.04 Å². The van der Waals surface area contributed by atoms with Crippen LogP contribution < -0.4 is 5.73 Å². The molecule has 1 amide bonds. The van der Waals surface area contributed by atoms with Crippen molar-refractivity contribution in [1.29, 1.82) is 0 Å². The smallest absolute Gasteiger partial charge is 0.248 e. The molecule has 0 spiro atoms. The summed E-state index contributed by atoms with van der Waals surface area (Å²) in [4.78, 5) is 15.9. The average molecular weight is 243 g/mol. The van der Waals surface area contributed by atoms with Gasteiger partial charge in [0.25, 0.3) is 0 Å². The minimum atomic E-state index is 0.0392. The third-order valence-electron chi connectivity index (χ3n) is 3.33. The van der Waals surface area contributed by atoms with Crippen LogP contribution >= 0.6 is 0 Å². The fourth-order valence-electron chi connectivity index (χ4n) is 2.24. The van der Waals surface area contributed by atoms with Gasteiger partial charge in [0.2, 0.25) is 5.91 Å². The molecule has 2 saturated heterocycles. The highest BCUT2D eigenvalue weighted by atomic mass is 16.5. The van der Waals surface area contributed by atoms with Crippen LogP contribution in [-0.2, 0) is 14.3 Å². The molecule has 2 rings (SSSR count). The van der Waals surface area contributed by atoms with Crippen LogP contribution in [0.2, 0.25) is 0 Å². The molecular weight excluding hydrogens is 222 g/mol. The predicted octanol–water partition coefficient (Wildman–Crippen LogP) is -1.50. The van der Waals surface area contributed by atoms with Crippen molar-refractivity contribution in [2.24, 2.45) is 5.73 Å². The largest absolute Gasteiger partial charge is 0.379 e. The van der Waals surface area contributed by atoms with Gasteiger partial charge in [-0.1, -0.05) is 0 Å². The van der Waals surface area contributed by atoms with Crippen LogP contribution in [0, 0.1) is 0 Å². The number of hydrogen-bond acceptors (Lipinski definition) is 5. The van der Waals surface area contributed by atoms with Crippen LogP contribution in [0.3, 0.4) is 0 Å². The van der Waals surface area contributed by atoms with Crippen LogP contribution in [0.1, 0.15) is 0 Å². The molecule has 2 aliphatic heterocycles. The van der Waals surface area contributed by atoms with Gasteiger partial charge in [-0.05, 0) is 0 Å². The summed E-state index contributed by atoms with van der Waals surface area (Å²) in [5.41, 5.74) is 5.66. The number of ether oxygens (including phenoxy) is 2. The molecule has 0 aliphatic carbocycles. The van der Waals surface area contributed by atoms with Crippen LogP contribution in [-0.4, -0.2) is 80.9 Å². The third kappa shape index (κ3) is 3.38. The van der Waals surface area contributed by atoms with E-state index in [0.717, 1.165) is 39.4 Å². The lowest BCUT2D eigenvalue weighted by atomic mass is 10.2. The maximum atomic E-state index is 11.7. The topological polar surface area (TPSA) is 68.0 Å². The molecule has 2 aliphatic rings. The van der Waals surface area contributed by atoms with Crippen LogP contribution in [0.5, 0.6) is 0 Å². The van der Waals surface area contributed by atoms with E-state index in [1.165, 1.54) is 0 Å². The van der Waals surface area contributed by atoms with Crippen molar-refractivity contribution in [2.75, 3.05) is 59.2 Å². The number of amides is 1. The van der Waals surface area contributed by atoms with Crippen molar-refractivity contribution in [1.82, 2.24) is 9.80 Å². The Balaban J connectivity index is 1.80. The van der Waals surface area contributed by atoms with E-state index >= 15 is 0 Å². The summed E-state index contributed by atoms with van der Waals surface area (Å²) in [5.74, 6) is 0.0555. The number of morpholine rings is 2. The van der Waals surface area contributed by atoms with Crippen LogP contribution in [0.15, 0.2) is 0 Å². The SMILES string of the molecule is NCC1COCC(=O)N1CCN1CCOCC1. The normalized spacial score (nSPS) is 27.5. The van der Waals surface area contributed by atoms with Crippen LogP contribution in [0.4, 0.5) is 0 Å². The molecule has 2 fully saturated rings. The molecule has 6 heteroatoms. The van der Waals surface area contributed by atoms with Gasteiger partial charge in [0.15, 0.2) is 0 Å². The van der Waals surface area contributed by atoms with E-state index in [-0.39, 0.29) is 18.6 Å². The van der Waals surface area contributed by atoms with E-state index in [2.05, 4.69) is 4.90 Å². The van der Waals surface area contributed by atoms with Gasteiger partial charge in [0.1, 0.15) is 6.61 Å². The Morgan fingerprint density at radius 3 is 2.71 bits per heavy atom. The first kappa shape index (κ1) is 12.8. The number of rotatable bonds is 4. The molecule has 0 aromatic carbocycles. The van der Waals surface area contributed by atoms with Gasteiger partial charge >= 0.3 is 0 Å². The Morgan fingerprint density at radius 1 is 1.24 bits per heavy atom. The van der Waals surface area contributed by atoms with E-state index in [4.69, 9.17) is 15.2 Å². The molecular formula is C11H21N3O3. The monoisotopic (exact) mass is 243 g/mol. The summed E-state index contributed by atoms with van der Waals surface area (Å²) in [6.07, 6.45) is 0. The number of nitrogens with two attached hydrogens (primary N) is 1. The molecule has 0 aromatic heterocycles. The lowest BCUT2D eigenvalue weighted by molar-refractivity contribution is -0.148. The Labute approximate surface area is 102 Å². The van der Waals surface area contributed by atoms with Crippen molar-refractivity contribution < 1.29 is 14.3 Å². The van der Waals surface area contributed by atoms with Crippen molar-refractivity contribution in [3.05, 3.63) is 0 Å². The molecule has 98 valence electrons. The summed E-state index contributed by atoms with van der Waals surface area (Å²) >= 11 is 0. The highest BCUT2D eigenvalue weighted by molar-refractivity contribution is 5.78. The maximum Gasteiger partial charge on any atom is 0.248 e. The molecule has 0 radical (unpaired) electrons. The quantitative estimate of drug-likeness (QED) is 0.651. The second kappa shape index (κ2) is 6.30. The molecule has 2 N–H and O–H groups in total. The lowest BCUT2D eigenvalue weighted by Gasteiger charge is -2.36. The Bertz CT molecular complexity index is 256. The summed E-state index contributed by atoms with van der Waals surface area (Å²) in [6, 6.07) is 0.0392. The van der Waals surface area contributed by atoms with E-state index in [9.17, 15) is 4.79 Å². The predicted molar refractivity (Wildman–Crippen MR) is 62.6 cm³/mol. The highest BCUT2D eigenvalue weighted by Crippen LogP contribution is 2.07. The zero-order chi connectivity index (χ0) is 12.1. The van der Waals surface area contributed by atoms with E-state index in [1.54, 1.807) is 0 Å². The van der Waals surface area contributed by atoms with Gasteiger partial charge in [0.05, 0.1) is 25.9 Å². The second-order valence-corrected chi connectivity index (χ2v) is 4.45. The molecule has 6 nitrogen and oxygen atoms in total. The maximum absolute atomic E-state index is 11.7. The lowest BCUT2D eigenvalue weighted by Crippen LogP contribution is -2.55. The fourth-order valence-corrected chi connectivity index (χ4v) is 2.24. The Morgan fingerprint density at radius 2 is 2.00 bits per heavy atom. The van der Waals surface area contributed by atoms with Crippen molar-refractivity contribution >= 4 is 5.91 Å². The average Bonchev–Trinajstić information content (AvgIpc) is 2.38. The fraction of sp³-hybridized carbons (Fsp3) is 0.909. The zero-order valence-electron chi connectivity index (χ0n) is 10.1. The first-order valence-corrected chi connectivity index (χ1v) is 6.18. The number of carbonyl (C=O) groups is 1. The Hall–Kier alpha value is -0.690. The van der Waals surface area contributed by atoms with Crippen molar-refractivity contribution in [3.63, 3.8) is 0 Å². The second-order valence-electron chi connectivity index (χ2n) is 4.45.